The molecule has 0 saturated carbocycles. The molecule has 0 spiro atoms. The molecule has 0 atom stereocenters. The van der Waals surface area contributed by atoms with E-state index in [0.717, 1.165) is 24.4 Å². The molecular weight excluding hydrogens is 371 g/mol. The lowest BCUT2D eigenvalue weighted by Crippen LogP contribution is -2.35. The number of anilines is 1. The van der Waals surface area contributed by atoms with Crippen LogP contribution in [0.25, 0.3) is 0 Å². The molecule has 29 heavy (non-hydrogen) atoms. The highest BCUT2D eigenvalue weighted by Gasteiger charge is 2.20. The molecule has 0 bridgehead atoms. The Morgan fingerprint density at radius 1 is 0.931 bits per heavy atom. The number of halogens is 1. The second-order valence-electron chi connectivity index (χ2n) is 7.08. The number of benzene rings is 2. The van der Waals surface area contributed by atoms with Crippen molar-refractivity contribution in [3.05, 3.63) is 59.9 Å². The first-order valence-electron chi connectivity index (χ1n) is 10.1. The molecule has 0 radical (unpaired) electrons. The standard InChI is InChI=1S/C23H27FN2O3/c1-2-29-21-10-4-18(5-11-21)22(27)12-13-23(28)26-15-3-14-25(16-17-26)20-8-6-19(24)7-9-20/h4-11H,2-3,12-17H2,1H3. The van der Waals surface area contributed by atoms with Gasteiger partial charge in [0, 0.05) is 50.3 Å². The molecule has 1 amide bonds. The maximum atomic E-state index is 13.1. The zero-order chi connectivity index (χ0) is 20.6. The summed E-state index contributed by atoms with van der Waals surface area (Å²) in [6, 6.07) is 13.5. The number of nitrogens with zero attached hydrogens (tertiary/aromatic N) is 2. The topological polar surface area (TPSA) is 49.9 Å². The minimum atomic E-state index is -0.252. The lowest BCUT2D eigenvalue weighted by molar-refractivity contribution is -0.130. The van der Waals surface area contributed by atoms with E-state index in [0.29, 0.717) is 31.8 Å². The highest BCUT2D eigenvalue weighted by Crippen LogP contribution is 2.18. The Balaban J connectivity index is 1.49. The van der Waals surface area contributed by atoms with Crippen molar-refractivity contribution >= 4 is 17.4 Å². The average Bonchev–Trinajstić information content (AvgIpc) is 2.99. The first-order chi connectivity index (χ1) is 14.1. The monoisotopic (exact) mass is 398 g/mol. The third kappa shape index (κ3) is 5.79. The van der Waals surface area contributed by atoms with Crippen LogP contribution in [0, 0.1) is 5.82 Å². The van der Waals surface area contributed by atoms with E-state index < -0.39 is 0 Å². The fourth-order valence-electron chi connectivity index (χ4n) is 3.50. The number of amides is 1. The number of rotatable bonds is 7. The maximum absolute atomic E-state index is 13.1. The van der Waals surface area contributed by atoms with Crippen LogP contribution >= 0.6 is 0 Å². The normalized spacial score (nSPS) is 14.4. The van der Waals surface area contributed by atoms with E-state index in [1.807, 2.05) is 11.8 Å². The van der Waals surface area contributed by atoms with E-state index >= 15 is 0 Å². The third-order valence-electron chi connectivity index (χ3n) is 5.09. The second kappa shape index (κ2) is 10.0. The van der Waals surface area contributed by atoms with Gasteiger partial charge in [-0.05, 0) is 61.9 Å². The van der Waals surface area contributed by atoms with Crippen molar-refractivity contribution in [3.63, 3.8) is 0 Å². The molecule has 5 nitrogen and oxygen atoms in total. The van der Waals surface area contributed by atoms with Crippen LogP contribution < -0.4 is 9.64 Å². The molecule has 1 saturated heterocycles. The highest BCUT2D eigenvalue weighted by molar-refractivity contribution is 5.98. The molecule has 0 N–H and O–H groups in total. The Labute approximate surface area is 171 Å². The van der Waals surface area contributed by atoms with E-state index in [2.05, 4.69) is 4.90 Å². The summed E-state index contributed by atoms with van der Waals surface area (Å²) >= 11 is 0. The molecule has 1 aliphatic rings. The summed E-state index contributed by atoms with van der Waals surface area (Å²) in [7, 11) is 0. The molecule has 154 valence electrons. The van der Waals surface area contributed by atoms with Gasteiger partial charge in [0.05, 0.1) is 6.61 Å². The van der Waals surface area contributed by atoms with Crippen LogP contribution in [0.3, 0.4) is 0 Å². The lowest BCUT2D eigenvalue weighted by Gasteiger charge is -2.23. The Hall–Kier alpha value is -2.89. The summed E-state index contributed by atoms with van der Waals surface area (Å²) < 4.78 is 18.5. The molecule has 6 heteroatoms. The van der Waals surface area contributed by atoms with E-state index in [9.17, 15) is 14.0 Å². The fraction of sp³-hybridized carbons (Fsp3) is 0.391. The Bertz CT molecular complexity index is 821. The minimum Gasteiger partial charge on any atom is -0.494 e. The molecule has 3 rings (SSSR count). The van der Waals surface area contributed by atoms with Crippen molar-refractivity contribution in [2.45, 2.75) is 26.2 Å². The van der Waals surface area contributed by atoms with Gasteiger partial charge in [0.15, 0.2) is 5.78 Å². The quantitative estimate of drug-likeness (QED) is 0.663. The summed E-state index contributed by atoms with van der Waals surface area (Å²) in [6.45, 7) is 5.29. The molecule has 1 aliphatic heterocycles. The Kier molecular flexibility index (Phi) is 7.22. The van der Waals surface area contributed by atoms with Crippen molar-refractivity contribution in [2.24, 2.45) is 0 Å². The molecule has 1 fully saturated rings. The number of carbonyl (C=O) groups is 2. The first kappa shape index (κ1) is 20.8. The molecular formula is C23H27FN2O3. The predicted molar refractivity (Wildman–Crippen MR) is 111 cm³/mol. The van der Waals surface area contributed by atoms with Crippen molar-refractivity contribution in [2.75, 3.05) is 37.7 Å². The first-order valence-corrected chi connectivity index (χ1v) is 10.1. The summed E-state index contributed by atoms with van der Waals surface area (Å²) in [5.74, 6) is 0.447. The summed E-state index contributed by atoms with van der Waals surface area (Å²) in [5, 5.41) is 0. The van der Waals surface area contributed by atoms with Gasteiger partial charge in [-0.25, -0.2) is 4.39 Å². The van der Waals surface area contributed by atoms with Crippen molar-refractivity contribution in [1.82, 2.24) is 4.90 Å². The summed E-state index contributed by atoms with van der Waals surface area (Å²) in [6.07, 6.45) is 1.25. The summed E-state index contributed by atoms with van der Waals surface area (Å²) in [5.41, 5.74) is 1.56. The zero-order valence-corrected chi connectivity index (χ0v) is 16.8. The molecule has 0 aliphatic carbocycles. The Morgan fingerprint density at radius 2 is 1.66 bits per heavy atom. The number of hydrogen-bond acceptors (Lipinski definition) is 4. The van der Waals surface area contributed by atoms with Gasteiger partial charge in [0.2, 0.25) is 5.91 Å². The van der Waals surface area contributed by atoms with Crippen LogP contribution in [0.2, 0.25) is 0 Å². The van der Waals surface area contributed by atoms with Crippen LogP contribution in [0.4, 0.5) is 10.1 Å². The number of carbonyl (C=O) groups excluding carboxylic acids is 2. The van der Waals surface area contributed by atoms with Gasteiger partial charge < -0.3 is 14.5 Å². The van der Waals surface area contributed by atoms with Crippen LogP contribution in [-0.4, -0.2) is 49.4 Å². The molecule has 0 unspecified atom stereocenters. The van der Waals surface area contributed by atoms with Gasteiger partial charge in [-0.15, -0.1) is 0 Å². The van der Waals surface area contributed by atoms with E-state index in [1.54, 1.807) is 36.4 Å². The van der Waals surface area contributed by atoms with Crippen LogP contribution in [0.1, 0.15) is 36.5 Å². The number of hydrogen-bond donors (Lipinski definition) is 0. The SMILES string of the molecule is CCOc1ccc(C(=O)CCC(=O)N2CCCN(c3ccc(F)cc3)CC2)cc1. The number of Topliss-reactive ketones (excluding diaryl/α,β-unsaturated/α-hetero) is 1. The fourth-order valence-corrected chi connectivity index (χ4v) is 3.50. The van der Waals surface area contributed by atoms with Crippen LogP contribution in [0.15, 0.2) is 48.5 Å². The predicted octanol–water partition coefficient (Wildman–Crippen LogP) is 3.93. The molecule has 2 aromatic rings. The summed E-state index contributed by atoms with van der Waals surface area (Å²) in [4.78, 5) is 29.0. The Morgan fingerprint density at radius 3 is 2.34 bits per heavy atom. The molecule has 0 aromatic heterocycles. The van der Waals surface area contributed by atoms with Gasteiger partial charge >= 0.3 is 0 Å². The van der Waals surface area contributed by atoms with Crippen molar-refractivity contribution in [1.29, 1.82) is 0 Å². The molecule has 1 heterocycles. The van der Waals surface area contributed by atoms with Gasteiger partial charge in [-0.2, -0.15) is 0 Å². The van der Waals surface area contributed by atoms with Crippen molar-refractivity contribution in [3.8, 4) is 5.75 Å². The highest BCUT2D eigenvalue weighted by atomic mass is 19.1. The third-order valence-corrected chi connectivity index (χ3v) is 5.09. The minimum absolute atomic E-state index is 0.00485. The van der Waals surface area contributed by atoms with Gasteiger partial charge in [-0.1, -0.05) is 0 Å². The van der Waals surface area contributed by atoms with Gasteiger partial charge in [0.1, 0.15) is 11.6 Å². The van der Waals surface area contributed by atoms with E-state index in [-0.39, 0.29) is 30.3 Å². The van der Waals surface area contributed by atoms with Gasteiger partial charge in [-0.3, -0.25) is 9.59 Å². The molecule has 2 aromatic carbocycles. The van der Waals surface area contributed by atoms with Crippen LogP contribution in [-0.2, 0) is 4.79 Å². The average molecular weight is 398 g/mol. The maximum Gasteiger partial charge on any atom is 0.223 e. The largest absolute Gasteiger partial charge is 0.494 e. The smallest absolute Gasteiger partial charge is 0.223 e. The second-order valence-corrected chi connectivity index (χ2v) is 7.08. The van der Waals surface area contributed by atoms with E-state index in [4.69, 9.17) is 4.74 Å². The number of ether oxygens (including phenoxy) is 1. The van der Waals surface area contributed by atoms with E-state index in [1.165, 1.54) is 12.1 Å². The number of ketones is 1. The van der Waals surface area contributed by atoms with Gasteiger partial charge in [0.25, 0.3) is 0 Å². The lowest BCUT2D eigenvalue weighted by atomic mass is 10.1. The van der Waals surface area contributed by atoms with Crippen LogP contribution in [0.5, 0.6) is 5.75 Å². The van der Waals surface area contributed by atoms with Crippen molar-refractivity contribution < 1.29 is 18.7 Å². The zero-order valence-electron chi connectivity index (χ0n) is 16.8.